The smallest absolute Gasteiger partial charge is 0.123 e. The molecule has 3 rings (SSSR count). The highest BCUT2D eigenvalue weighted by Crippen LogP contribution is 2.20. The third-order valence-electron chi connectivity index (χ3n) is 3.52. The Morgan fingerprint density at radius 2 is 2.05 bits per heavy atom. The van der Waals surface area contributed by atoms with E-state index in [2.05, 4.69) is 15.0 Å². The molecule has 0 aliphatic heterocycles. The molecule has 0 spiro atoms. The number of ether oxygens (including phenoxy) is 1. The van der Waals surface area contributed by atoms with Crippen molar-refractivity contribution >= 4 is 16.7 Å². The number of aliphatic imine (C=N–C) groups is 1. The molecule has 3 aromatic rings. The largest absolute Gasteiger partial charge is 0.496 e. The number of methoxy groups -OCH3 is 1. The number of rotatable bonds is 4. The molecule has 21 heavy (non-hydrogen) atoms. The van der Waals surface area contributed by atoms with Gasteiger partial charge in [0.05, 0.1) is 31.0 Å². The van der Waals surface area contributed by atoms with Gasteiger partial charge in [-0.05, 0) is 19.1 Å². The summed E-state index contributed by atoms with van der Waals surface area (Å²) in [6.07, 6.45) is 1.71. The molecule has 0 fully saturated rings. The zero-order chi connectivity index (χ0) is 14.7. The van der Waals surface area contributed by atoms with E-state index >= 15 is 0 Å². The molecule has 4 nitrogen and oxygen atoms in total. The van der Waals surface area contributed by atoms with Crippen LogP contribution in [0.2, 0.25) is 0 Å². The molecule has 2 aromatic carbocycles. The van der Waals surface area contributed by atoms with Crippen LogP contribution in [-0.4, -0.2) is 22.8 Å². The SMILES string of the molecule is COc1ccccc1CN=C(C)c1cccc2[nH]cnc12. The van der Waals surface area contributed by atoms with Crippen LogP contribution >= 0.6 is 0 Å². The van der Waals surface area contributed by atoms with Crippen molar-refractivity contribution in [1.82, 2.24) is 9.97 Å². The number of aromatic amines is 1. The van der Waals surface area contributed by atoms with Crippen LogP contribution in [0.1, 0.15) is 18.1 Å². The lowest BCUT2D eigenvalue weighted by atomic mass is 10.1. The summed E-state index contributed by atoms with van der Waals surface area (Å²) in [5, 5.41) is 0. The molecular formula is C17H17N3O. The zero-order valence-electron chi connectivity index (χ0n) is 12.1. The van der Waals surface area contributed by atoms with Crippen LogP contribution in [0.4, 0.5) is 0 Å². The zero-order valence-corrected chi connectivity index (χ0v) is 12.1. The lowest BCUT2D eigenvalue weighted by molar-refractivity contribution is 0.410. The molecule has 1 aromatic heterocycles. The van der Waals surface area contributed by atoms with Gasteiger partial charge in [-0.15, -0.1) is 0 Å². The summed E-state index contributed by atoms with van der Waals surface area (Å²) < 4.78 is 5.35. The molecule has 0 radical (unpaired) electrons. The van der Waals surface area contributed by atoms with E-state index in [1.807, 2.05) is 49.4 Å². The number of fused-ring (bicyclic) bond motifs is 1. The molecule has 0 saturated carbocycles. The van der Waals surface area contributed by atoms with Gasteiger partial charge in [-0.1, -0.05) is 30.3 Å². The average Bonchev–Trinajstić information content (AvgIpc) is 3.01. The van der Waals surface area contributed by atoms with Crippen LogP contribution in [0.3, 0.4) is 0 Å². The number of nitrogens with one attached hydrogen (secondary N) is 1. The molecular weight excluding hydrogens is 262 g/mol. The van der Waals surface area contributed by atoms with Crippen molar-refractivity contribution in [3.8, 4) is 5.75 Å². The monoisotopic (exact) mass is 279 g/mol. The molecule has 1 N–H and O–H groups in total. The Bertz CT molecular complexity index is 789. The number of benzene rings is 2. The first kappa shape index (κ1) is 13.4. The van der Waals surface area contributed by atoms with E-state index in [0.717, 1.165) is 33.6 Å². The molecule has 0 saturated heterocycles. The van der Waals surface area contributed by atoms with E-state index in [0.29, 0.717) is 6.54 Å². The third kappa shape index (κ3) is 2.65. The molecule has 4 heteroatoms. The lowest BCUT2D eigenvalue weighted by Crippen LogP contribution is -1.98. The van der Waals surface area contributed by atoms with Crippen LogP contribution < -0.4 is 4.74 Å². The topological polar surface area (TPSA) is 50.3 Å². The highest BCUT2D eigenvalue weighted by atomic mass is 16.5. The van der Waals surface area contributed by atoms with Gasteiger partial charge in [0, 0.05) is 16.8 Å². The van der Waals surface area contributed by atoms with Gasteiger partial charge in [0.1, 0.15) is 5.75 Å². The molecule has 0 aliphatic rings. The van der Waals surface area contributed by atoms with Crippen molar-refractivity contribution in [1.29, 1.82) is 0 Å². The second kappa shape index (κ2) is 5.79. The summed E-state index contributed by atoms with van der Waals surface area (Å²) in [7, 11) is 1.68. The number of aromatic nitrogens is 2. The molecule has 0 amide bonds. The van der Waals surface area contributed by atoms with Crippen LogP contribution in [-0.2, 0) is 6.54 Å². The van der Waals surface area contributed by atoms with Crippen LogP contribution in [0.15, 0.2) is 53.8 Å². The highest BCUT2D eigenvalue weighted by molar-refractivity contribution is 6.07. The molecule has 106 valence electrons. The summed E-state index contributed by atoms with van der Waals surface area (Å²) in [4.78, 5) is 12.2. The molecule has 0 atom stereocenters. The molecule has 0 unspecified atom stereocenters. The van der Waals surface area contributed by atoms with E-state index in [4.69, 9.17) is 4.74 Å². The van der Waals surface area contributed by atoms with E-state index in [1.54, 1.807) is 13.4 Å². The Morgan fingerprint density at radius 3 is 2.90 bits per heavy atom. The Hall–Kier alpha value is -2.62. The summed E-state index contributed by atoms with van der Waals surface area (Å²) >= 11 is 0. The molecule has 0 bridgehead atoms. The Morgan fingerprint density at radius 1 is 1.19 bits per heavy atom. The first-order valence-electron chi connectivity index (χ1n) is 6.85. The van der Waals surface area contributed by atoms with Crippen molar-refractivity contribution < 1.29 is 4.74 Å². The van der Waals surface area contributed by atoms with Crippen molar-refractivity contribution in [2.24, 2.45) is 4.99 Å². The Kier molecular flexibility index (Phi) is 3.69. The van der Waals surface area contributed by atoms with Crippen molar-refractivity contribution in [3.05, 3.63) is 59.9 Å². The molecule has 1 heterocycles. The van der Waals surface area contributed by atoms with Gasteiger partial charge in [-0.25, -0.2) is 4.98 Å². The van der Waals surface area contributed by atoms with E-state index in [-0.39, 0.29) is 0 Å². The average molecular weight is 279 g/mol. The number of para-hydroxylation sites is 2. The standard InChI is InChI=1S/C17H17N3O/c1-12(14-7-5-8-15-17(14)20-11-19-15)18-10-13-6-3-4-9-16(13)21-2/h3-9,11H,10H2,1-2H3,(H,19,20). The summed E-state index contributed by atoms with van der Waals surface area (Å²) in [6.45, 7) is 2.61. The minimum absolute atomic E-state index is 0.594. The van der Waals surface area contributed by atoms with Gasteiger partial charge < -0.3 is 9.72 Å². The number of H-pyrrole nitrogens is 1. The number of imidazole rings is 1. The molecule has 0 aliphatic carbocycles. The minimum atomic E-state index is 0.594. The van der Waals surface area contributed by atoms with Gasteiger partial charge in [0.15, 0.2) is 0 Å². The normalized spacial score (nSPS) is 11.8. The predicted molar refractivity (Wildman–Crippen MR) is 85.0 cm³/mol. The van der Waals surface area contributed by atoms with E-state index < -0.39 is 0 Å². The van der Waals surface area contributed by atoms with Gasteiger partial charge in [0.25, 0.3) is 0 Å². The first-order chi connectivity index (χ1) is 10.3. The summed E-state index contributed by atoms with van der Waals surface area (Å²) in [6, 6.07) is 14.0. The fourth-order valence-corrected chi connectivity index (χ4v) is 2.38. The van der Waals surface area contributed by atoms with E-state index in [1.165, 1.54) is 0 Å². The van der Waals surface area contributed by atoms with Crippen LogP contribution in [0.5, 0.6) is 5.75 Å². The second-order valence-corrected chi connectivity index (χ2v) is 4.82. The maximum Gasteiger partial charge on any atom is 0.123 e. The third-order valence-corrected chi connectivity index (χ3v) is 3.52. The predicted octanol–water partition coefficient (Wildman–Crippen LogP) is 3.58. The maximum absolute atomic E-state index is 5.35. The fourth-order valence-electron chi connectivity index (χ4n) is 2.38. The second-order valence-electron chi connectivity index (χ2n) is 4.82. The van der Waals surface area contributed by atoms with Crippen molar-refractivity contribution in [2.45, 2.75) is 13.5 Å². The Labute approximate surface area is 123 Å². The van der Waals surface area contributed by atoms with Gasteiger partial charge in [0.2, 0.25) is 0 Å². The highest BCUT2D eigenvalue weighted by Gasteiger charge is 2.06. The van der Waals surface area contributed by atoms with Crippen molar-refractivity contribution in [3.63, 3.8) is 0 Å². The van der Waals surface area contributed by atoms with Gasteiger partial charge >= 0.3 is 0 Å². The van der Waals surface area contributed by atoms with Crippen molar-refractivity contribution in [2.75, 3.05) is 7.11 Å². The number of nitrogens with zero attached hydrogens (tertiary/aromatic N) is 2. The lowest BCUT2D eigenvalue weighted by Gasteiger charge is -2.07. The van der Waals surface area contributed by atoms with Gasteiger partial charge in [-0.3, -0.25) is 4.99 Å². The summed E-state index contributed by atoms with van der Waals surface area (Å²) in [5.74, 6) is 0.868. The quantitative estimate of drug-likeness (QED) is 0.742. The minimum Gasteiger partial charge on any atom is -0.496 e. The number of hydrogen-bond acceptors (Lipinski definition) is 3. The van der Waals surface area contributed by atoms with Crippen LogP contribution in [0, 0.1) is 0 Å². The maximum atomic E-state index is 5.35. The van der Waals surface area contributed by atoms with Crippen LogP contribution in [0.25, 0.3) is 11.0 Å². The van der Waals surface area contributed by atoms with Gasteiger partial charge in [-0.2, -0.15) is 0 Å². The van der Waals surface area contributed by atoms with E-state index in [9.17, 15) is 0 Å². The number of hydrogen-bond donors (Lipinski definition) is 1. The fraction of sp³-hybridized carbons (Fsp3) is 0.176. The summed E-state index contributed by atoms with van der Waals surface area (Å²) in [5.41, 5.74) is 5.09. The Balaban J connectivity index is 1.91. The first-order valence-corrected chi connectivity index (χ1v) is 6.85.